The fraction of sp³-hybridized carbons (Fsp3) is 0.0870. The zero-order valence-electron chi connectivity index (χ0n) is 21.3. The number of aromatic hydroxyl groups is 1. The van der Waals surface area contributed by atoms with Crippen molar-refractivity contribution in [2.24, 2.45) is 5.10 Å². The molecule has 2 radical (unpaired) electrons. The molecule has 1 aliphatic rings. The summed E-state index contributed by atoms with van der Waals surface area (Å²) in [4.78, 5) is 12.3. The van der Waals surface area contributed by atoms with Crippen LogP contribution in [-0.2, 0) is 25.0 Å². The molecule has 39 heavy (non-hydrogen) atoms. The molecule has 12 nitrogen and oxygen atoms in total. The number of hydrazone groups is 1. The first kappa shape index (κ1) is 33.1. The van der Waals surface area contributed by atoms with Gasteiger partial charge in [0.1, 0.15) is 0 Å². The van der Waals surface area contributed by atoms with Crippen molar-refractivity contribution in [3.05, 3.63) is 77.5 Å². The van der Waals surface area contributed by atoms with E-state index in [1.165, 1.54) is 59.3 Å². The maximum Gasteiger partial charge on any atom is 0.294 e. The molecule has 0 spiro atoms. The Morgan fingerprint density at radius 2 is 1.31 bits per heavy atom. The maximum absolute atomic E-state index is 12.9. The molecule has 16 heteroatoms. The quantitative estimate of drug-likeness (QED) is 0.220. The minimum atomic E-state index is -4.37. The average Bonchev–Trinajstić information content (AvgIpc) is 3.28. The Balaban J connectivity index is 0.00000267. The van der Waals surface area contributed by atoms with E-state index in [0.29, 0.717) is 28.3 Å². The van der Waals surface area contributed by atoms with Gasteiger partial charge in [-0.25, -0.2) is 4.68 Å². The molecule has 0 bridgehead atoms. The second-order valence-corrected chi connectivity index (χ2v) is 10.8. The van der Waals surface area contributed by atoms with Crippen LogP contribution in [0, 0.1) is 6.92 Å². The zero-order chi connectivity index (χ0) is 27.1. The third kappa shape index (κ3) is 7.16. The summed E-state index contributed by atoms with van der Waals surface area (Å²) in [7, 11) is -8.73. The number of aromatic nitrogens is 2. The van der Waals surface area contributed by atoms with Crippen LogP contribution in [-0.4, -0.2) is 112 Å². The van der Waals surface area contributed by atoms with Crippen LogP contribution in [0.3, 0.4) is 0 Å². The van der Waals surface area contributed by atoms with E-state index in [1.807, 2.05) is 0 Å². The average molecular weight is 591 g/mol. The Kier molecular flexibility index (Phi) is 10.7. The van der Waals surface area contributed by atoms with E-state index in [9.17, 15) is 26.7 Å². The standard InChI is InChI=1S/C23H20N4O8S2.2Na/c1-14-20(22(28)26(24-14)16-6-10-18(11-7-16)36(30,31)32)4-3-5-21-15(2)25-27(23(21)29)17-8-12-19(13-9-17)37(33,34)35;;/h3-13,28H,1-2H3,(H,30,31,32)(H,33,34,35);;. The second kappa shape index (κ2) is 12.6. The Morgan fingerprint density at radius 1 is 0.821 bits per heavy atom. The molecule has 3 aromatic rings. The molecular weight excluding hydrogens is 570 g/mol. The number of nitrogens with zero attached hydrogens (tertiary/aromatic N) is 4. The van der Waals surface area contributed by atoms with E-state index in [1.54, 1.807) is 13.8 Å². The van der Waals surface area contributed by atoms with Crippen molar-refractivity contribution in [2.45, 2.75) is 23.6 Å². The summed E-state index contributed by atoms with van der Waals surface area (Å²) < 4.78 is 64.3. The molecule has 0 atom stereocenters. The van der Waals surface area contributed by atoms with Crippen molar-refractivity contribution in [1.82, 2.24) is 9.78 Å². The Hall–Kier alpha value is -2.11. The third-order valence-corrected chi connectivity index (χ3v) is 7.16. The van der Waals surface area contributed by atoms with Gasteiger partial charge in [0.05, 0.1) is 43.7 Å². The summed E-state index contributed by atoms with van der Waals surface area (Å²) >= 11 is 0. The molecule has 0 saturated heterocycles. The molecule has 0 fully saturated rings. The summed E-state index contributed by atoms with van der Waals surface area (Å²) in [6, 6.07) is 10.1. The van der Waals surface area contributed by atoms with Gasteiger partial charge in [-0.1, -0.05) is 6.08 Å². The van der Waals surface area contributed by atoms with E-state index in [0.717, 1.165) is 17.1 Å². The fourth-order valence-electron chi connectivity index (χ4n) is 3.55. The number of carbonyl (C=O) groups excluding carboxylic acids is 1. The smallest absolute Gasteiger partial charge is 0.294 e. The molecule has 2 heterocycles. The maximum atomic E-state index is 12.9. The van der Waals surface area contributed by atoms with Crippen LogP contribution in [0.25, 0.3) is 11.8 Å². The predicted molar refractivity (Wildman–Crippen MR) is 145 cm³/mol. The van der Waals surface area contributed by atoms with E-state index < -0.39 is 26.1 Å². The van der Waals surface area contributed by atoms with Crippen LogP contribution in [0.4, 0.5) is 5.69 Å². The number of allylic oxidation sites excluding steroid dienone is 2. The molecule has 1 aliphatic heterocycles. The molecule has 4 rings (SSSR count). The van der Waals surface area contributed by atoms with Gasteiger partial charge < -0.3 is 5.11 Å². The Labute approximate surface area is 268 Å². The van der Waals surface area contributed by atoms with Crippen molar-refractivity contribution in [1.29, 1.82) is 0 Å². The van der Waals surface area contributed by atoms with Gasteiger partial charge in [-0.15, -0.1) is 0 Å². The molecule has 194 valence electrons. The van der Waals surface area contributed by atoms with Crippen molar-refractivity contribution in [3.8, 4) is 11.6 Å². The number of benzene rings is 2. The van der Waals surface area contributed by atoms with E-state index in [-0.39, 0.29) is 80.4 Å². The van der Waals surface area contributed by atoms with Crippen molar-refractivity contribution in [2.75, 3.05) is 5.01 Å². The summed E-state index contributed by atoms with van der Waals surface area (Å²) in [5.74, 6) is -0.687. The number of aryl methyl sites for hydroxylation is 1. The van der Waals surface area contributed by atoms with Crippen LogP contribution in [0.5, 0.6) is 5.88 Å². The van der Waals surface area contributed by atoms with Crippen LogP contribution in [0.2, 0.25) is 0 Å². The topological polar surface area (TPSA) is 179 Å². The van der Waals surface area contributed by atoms with Crippen LogP contribution < -0.4 is 5.01 Å². The number of amides is 1. The molecule has 0 saturated carbocycles. The minimum Gasteiger partial charge on any atom is -0.493 e. The zero-order valence-corrected chi connectivity index (χ0v) is 27.0. The molecule has 1 amide bonds. The molecule has 2 aromatic carbocycles. The summed E-state index contributed by atoms with van der Waals surface area (Å²) in [5, 5.41) is 20.2. The molecule has 0 aliphatic carbocycles. The summed E-state index contributed by atoms with van der Waals surface area (Å²) in [6.45, 7) is 3.28. The minimum absolute atomic E-state index is 0. The Bertz CT molecular complexity index is 1710. The molecule has 1 aromatic heterocycles. The number of hydrogen-bond acceptors (Lipinski definition) is 8. The van der Waals surface area contributed by atoms with Gasteiger partial charge in [0, 0.05) is 59.1 Å². The second-order valence-electron chi connectivity index (χ2n) is 7.91. The van der Waals surface area contributed by atoms with Crippen LogP contribution in [0.15, 0.2) is 81.1 Å². The van der Waals surface area contributed by atoms with Crippen LogP contribution >= 0.6 is 0 Å². The summed E-state index contributed by atoms with van der Waals surface area (Å²) in [5.41, 5.74) is 2.14. The van der Waals surface area contributed by atoms with Gasteiger partial charge in [-0.3, -0.25) is 13.9 Å². The first-order chi connectivity index (χ1) is 17.3. The number of rotatable bonds is 6. The summed E-state index contributed by atoms with van der Waals surface area (Å²) in [6.07, 6.45) is 4.58. The fourth-order valence-corrected chi connectivity index (χ4v) is 4.51. The van der Waals surface area contributed by atoms with Crippen molar-refractivity contribution >= 4 is 103 Å². The van der Waals surface area contributed by atoms with Crippen molar-refractivity contribution < 1.29 is 35.8 Å². The van der Waals surface area contributed by atoms with Gasteiger partial charge in [0.15, 0.2) is 0 Å². The van der Waals surface area contributed by atoms with E-state index in [2.05, 4.69) is 10.2 Å². The molecular formula is C23H20N4Na2O8S2. The van der Waals surface area contributed by atoms with E-state index in [4.69, 9.17) is 9.11 Å². The third-order valence-electron chi connectivity index (χ3n) is 5.43. The normalized spacial score (nSPS) is 14.9. The number of carbonyl (C=O) groups is 1. The number of hydrogen-bond donors (Lipinski definition) is 3. The Morgan fingerprint density at radius 3 is 1.79 bits per heavy atom. The van der Waals surface area contributed by atoms with E-state index >= 15 is 0 Å². The van der Waals surface area contributed by atoms with Gasteiger partial charge >= 0.3 is 0 Å². The SMILES string of the molecule is CC1=NN(c2ccc(S(=O)(=O)O)cc2)C(=O)C1=CC=Cc1c(C)nn(-c2ccc(S(=O)(=O)O)cc2)c1O.[Na].[Na]. The molecule has 3 N–H and O–H groups in total. The van der Waals surface area contributed by atoms with Crippen molar-refractivity contribution in [3.63, 3.8) is 0 Å². The first-order valence-corrected chi connectivity index (χ1v) is 13.4. The largest absolute Gasteiger partial charge is 0.493 e. The molecule has 0 unspecified atom stereocenters. The first-order valence-electron chi connectivity index (χ1n) is 10.5. The van der Waals surface area contributed by atoms with Gasteiger partial charge in [-0.05, 0) is 74.5 Å². The van der Waals surface area contributed by atoms with Gasteiger partial charge in [0.2, 0.25) is 5.88 Å². The van der Waals surface area contributed by atoms with Gasteiger partial charge in [0.25, 0.3) is 26.1 Å². The van der Waals surface area contributed by atoms with Gasteiger partial charge in [-0.2, -0.15) is 32.0 Å². The predicted octanol–water partition coefficient (Wildman–Crippen LogP) is 1.98. The number of anilines is 1. The monoisotopic (exact) mass is 590 g/mol. The van der Waals surface area contributed by atoms with Crippen LogP contribution in [0.1, 0.15) is 18.2 Å².